The number of hydrogen-bond acceptors (Lipinski definition) is 7. The number of ether oxygens (including phenoxy) is 3. The number of carbonyl (C=O) groups excluding carboxylic acids is 3. The van der Waals surface area contributed by atoms with E-state index in [9.17, 15) is 24.3 Å². The average Bonchev–Trinajstić information content (AvgIpc) is 3.39. The first kappa shape index (κ1) is 30.1. The van der Waals surface area contributed by atoms with Gasteiger partial charge in [-0.25, -0.2) is 0 Å². The molecule has 1 aromatic rings. The molecule has 0 radical (unpaired) electrons. The van der Waals surface area contributed by atoms with Crippen molar-refractivity contribution in [3.05, 3.63) is 35.9 Å². The zero-order valence-electron chi connectivity index (χ0n) is 24.0. The monoisotopic (exact) mass is 556 g/mol. The van der Waals surface area contributed by atoms with E-state index in [0.717, 1.165) is 56.9 Å². The summed E-state index contributed by atoms with van der Waals surface area (Å²) in [5, 5.41) is 9.29. The van der Waals surface area contributed by atoms with Gasteiger partial charge in [0.05, 0.1) is 35.9 Å². The van der Waals surface area contributed by atoms with Crippen molar-refractivity contribution in [2.75, 3.05) is 13.2 Å². The third kappa shape index (κ3) is 6.21. The van der Waals surface area contributed by atoms with Crippen LogP contribution < -0.4 is 0 Å². The van der Waals surface area contributed by atoms with E-state index in [0.29, 0.717) is 51.9 Å². The number of fused-ring (bicyclic) bond motifs is 4. The summed E-state index contributed by atoms with van der Waals surface area (Å²) in [4.78, 5) is 47.9. The molecule has 0 heterocycles. The molecule has 0 saturated heterocycles. The Labute approximate surface area is 237 Å². The Balaban J connectivity index is 0.000000201. The summed E-state index contributed by atoms with van der Waals surface area (Å²) in [5.41, 5.74) is -0.566. The minimum Gasteiger partial charge on any atom is -0.481 e. The predicted octanol–water partition coefficient (Wildman–Crippen LogP) is 6.00. The molecular weight excluding hydrogens is 512 g/mol. The van der Waals surface area contributed by atoms with E-state index in [1.54, 1.807) is 6.92 Å². The lowest BCUT2D eigenvalue weighted by molar-refractivity contribution is -0.160. The van der Waals surface area contributed by atoms with Gasteiger partial charge in [-0.1, -0.05) is 43.2 Å². The number of hydrogen-bond donors (Lipinski definition) is 1. The molecule has 8 heteroatoms. The van der Waals surface area contributed by atoms with Crippen LogP contribution in [-0.4, -0.2) is 42.2 Å². The number of carboxylic acids is 1. The highest BCUT2D eigenvalue weighted by atomic mass is 16.5. The average molecular weight is 557 g/mol. The maximum absolute atomic E-state index is 12.4. The van der Waals surface area contributed by atoms with Crippen LogP contribution >= 0.6 is 0 Å². The molecule has 220 valence electrons. The maximum Gasteiger partial charge on any atom is 0.312 e. The van der Waals surface area contributed by atoms with Gasteiger partial charge < -0.3 is 19.3 Å². The lowest BCUT2D eigenvalue weighted by Crippen LogP contribution is -2.38. The number of esters is 3. The van der Waals surface area contributed by atoms with Gasteiger partial charge in [-0.3, -0.25) is 19.2 Å². The van der Waals surface area contributed by atoms with E-state index in [4.69, 9.17) is 14.2 Å². The van der Waals surface area contributed by atoms with Crippen LogP contribution in [0.3, 0.4) is 0 Å². The van der Waals surface area contributed by atoms with Crippen molar-refractivity contribution in [1.29, 1.82) is 0 Å². The van der Waals surface area contributed by atoms with Crippen LogP contribution in [0.2, 0.25) is 0 Å². The first-order valence-corrected chi connectivity index (χ1v) is 14.9. The van der Waals surface area contributed by atoms with E-state index < -0.39 is 16.8 Å². The van der Waals surface area contributed by atoms with Gasteiger partial charge in [0, 0.05) is 0 Å². The van der Waals surface area contributed by atoms with E-state index in [1.807, 2.05) is 37.3 Å². The van der Waals surface area contributed by atoms with Crippen LogP contribution in [0.15, 0.2) is 30.3 Å². The van der Waals surface area contributed by atoms with Gasteiger partial charge in [0.15, 0.2) is 0 Å². The van der Waals surface area contributed by atoms with E-state index in [1.165, 1.54) is 0 Å². The summed E-state index contributed by atoms with van der Waals surface area (Å²) in [6, 6.07) is 9.72. The number of rotatable bonds is 9. The second-order valence-corrected chi connectivity index (χ2v) is 12.5. The van der Waals surface area contributed by atoms with Crippen LogP contribution in [0.1, 0.15) is 103 Å². The molecule has 5 rings (SSSR count). The number of carbonyl (C=O) groups is 4. The topological polar surface area (TPSA) is 116 Å². The lowest BCUT2D eigenvalue weighted by atomic mass is 9.67. The van der Waals surface area contributed by atoms with E-state index >= 15 is 0 Å². The minimum absolute atomic E-state index is 0.0655. The Morgan fingerprint density at radius 2 is 1.25 bits per heavy atom. The van der Waals surface area contributed by atoms with Crippen molar-refractivity contribution in [3.63, 3.8) is 0 Å². The zero-order valence-corrected chi connectivity index (χ0v) is 24.0. The van der Waals surface area contributed by atoms with Crippen molar-refractivity contribution in [1.82, 2.24) is 0 Å². The van der Waals surface area contributed by atoms with Crippen LogP contribution in [0.25, 0.3) is 0 Å². The van der Waals surface area contributed by atoms with Gasteiger partial charge in [-0.15, -0.1) is 0 Å². The fraction of sp³-hybridized carbons (Fsp3) is 0.688. The Morgan fingerprint density at radius 1 is 0.700 bits per heavy atom. The number of benzene rings is 1. The van der Waals surface area contributed by atoms with Crippen LogP contribution in [0, 0.1) is 21.7 Å². The lowest BCUT2D eigenvalue weighted by Gasteiger charge is -2.37. The van der Waals surface area contributed by atoms with Crippen molar-refractivity contribution in [3.8, 4) is 0 Å². The van der Waals surface area contributed by atoms with E-state index in [2.05, 4.69) is 0 Å². The predicted molar refractivity (Wildman–Crippen MR) is 147 cm³/mol. The fourth-order valence-electron chi connectivity index (χ4n) is 7.87. The summed E-state index contributed by atoms with van der Waals surface area (Å²) in [5.74, 6) is -1.14. The summed E-state index contributed by atoms with van der Waals surface area (Å²) in [6.45, 7) is 4.75. The zero-order chi connectivity index (χ0) is 28.9. The minimum atomic E-state index is -0.738. The molecule has 4 aliphatic carbocycles. The largest absolute Gasteiger partial charge is 0.481 e. The van der Waals surface area contributed by atoms with E-state index in [-0.39, 0.29) is 28.7 Å². The second-order valence-electron chi connectivity index (χ2n) is 12.5. The standard InChI is InChI=1S/C20H26O4.C12H18O4/c1-2-23-18(22)20-10-6-9-19(15-20,11-12-20)13-17(21)24-14-16-7-4-3-5-8-16;1-2-16-10(15)12-5-3-4-11(8-12,6-7-12)9(13)14/h3-5,7-8H,2,6,9-15H2,1H3;2-8H2,1H3,(H,13,14). The Morgan fingerprint density at radius 3 is 1.88 bits per heavy atom. The highest BCUT2D eigenvalue weighted by molar-refractivity contribution is 5.82. The van der Waals surface area contributed by atoms with Crippen LogP contribution in [0.5, 0.6) is 0 Å². The highest BCUT2D eigenvalue weighted by Crippen LogP contribution is 2.61. The Hall–Kier alpha value is -2.90. The summed E-state index contributed by atoms with van der Waals surface area (Å²) in [6.07, 6.45) is 9.97. The molecule has 4 bridgehead atoms. The molecule has 8 nitrogen and oxygen atoms in total. The normalized spacial score (nSPS) is 31.9. The van der Waals surface area contributed by atoms with Crippen LogP contribution in [0.4, 0.5) is 0 Å². The molecule has 4 unspecified atom stereocenters. The molecule has 4 saturated carbocycles. The molecule has 40 heavy (non-hydrogen) atoms. The van der Waals surface area contributed by atoms with Crippen LogP contribution in [-0.2, 0) is 40.0 Å². The Bertz CT molecular complexity index is 1090. The number of aliphatic carboxylic acids is 1. The van der Waals surface area contributed by atoms with Gasteiger partial charge >= 0.3 is 23.9 Å². The van der Waals surface area contributed by atoms with Crippen molar-refractivity contribution in [2.45, 2.75) is 104 Å². The van der Waals surface area contributed by atoms with Gasteiger partial charge in [-0.2, -0.15) is 0 Å². The maximum atomic E-state index is 12.4. The fourth-order valence-corrected chi connectivity index (χ4v) is 7.87. The molecule has 4 atom stereocenters. The summed E-state index contributed by atoms with van der Waals surface area (Å²) < 4.78 is 15.9. The smallest absolute Gasteiger partial charge is 0.312 e. The summed E-state index contributed by atoms with van der Waals surface area (Å²) in [7, 11) is 0. The van der Waals surface area contributed by atoms with Crippen molar-refractivity contribution in [2.24, 2.45) is 21.7 Å². The first-order valence-electron chi connectivity index (χ1n) is 14.9. The van der Waals surface area contributed by atoms with Crippen molar-refractivity contribution < 1.29 is 38.5 Å². The first-order chi connectivity index (χ1) is 19.1. The molecule has 0 aliphatic heterocycles. The third-order valence-electron chi connectivity index (χ3n) is 9.91. The SMILES string of the molecule is CCOC(=O)C12CCCC(C(=O)O)(CC1)C2.CCOC(=O)C12CCCC(CC(=O)OCc3ccccc3)(CC1)C2. The Kier molecular flexibility index (Phi) is 9.26. The van der Waals surface area contributed by atoms with Crippen molar-refractivity contribution >= 4 is 23.9 Å². The molecular formula is C32H44O8. The van der Waals surface area contributed by atoms with Gasteiger partial charge in [0.1, 0.15) is 6.61 Å². The van der Waals surface area contributed by atoms with Gasteiger partial charge in [0.25, 0.3) is 0 Å². The molecule has 4 aliphatic rings. The molecule has 0 spiro atoms. The van der Waals surface area contributed by atoms with Gasteiger partial charge in [0.2, 0.25) is 0 Å². The third-order valence-corrected chi connectivity index (χ3v) is 9.91. The molecule has 1 N–H and O–H groups in total. The second kappa shape index (κ2) is 12.3. The molecule has 0 amide bonds. The summed E-state index contributed by atoms with van der Waals surface area (Å²) >= 11 is 0. The quantitative estimate of drug-likeness (QED) is 0.291. The molecule has 0 aromatic heterocycles. The van der Waals surface area contributed by atoms with Gasteiger partial charge in [-0.05, 0) is 89.0 Å². The number of carboxylic acid groups (broad SMARTS) is 1. The molecule has 4 fully saturated rings. The molecule has 1 aromatic carbocycles. The highest BCUT2D eigenvalue weighted by Gasteiger charge is 2.59.